The second kappa shape index (κ2) is 6.21. The van der Waals surface area contributed by atoms with Gasteiger partial charge in [-0.1, -0.05) is 42.5 Å². The van der Waals surface area contributed by atoms with Crippen molar-refractivity contribution in [2.75, 3.05) is 0 Å². The van der Waals surface area contributed by atoms with E-state index in [1.165, 1.54) is 0 Å². The fraction of sp³-hybridized carbons (Fsp3) is 0.0625. The quantitative estimate of drug-likeness (QED) is 0.755. The lowest BCUT2D eigenvalue weighted by molar-refractivity contribution is 0.111. The molecule has 2 aromatic rings. The van der Waals surface area contributed by atoms with E-state index in [0.29, 0.717) is 22.9 Å². The van der Waals surface area contributed by atoms with Crippen LogP contribution in [0, 0.1) is 0 Å². The number of hydrogen-bond donors (Lipinski definition) is 0. The first kappa shape index (κ1) is 13.4. The van der Waals surface area contributed by atoms with Crippen molar-refractivity contribution in [2.24, 2.45) is 0 Å². The molecule has 0 aliphatic rings. The molecule has 0 unspecified atom stereocenters. The van der Waals surface area contributed by atoms with Crippen LogP contribution in [0.25, 0.3) is 6.08 Å². The van der Waals surface area contributed by atoms with Gasteiger partial charge in [-0.15, -0.1) is 0 Å². The molecule has 96 valence electrons. The lowest BCUT2D eigenvalue weighted by Crippen LogP contribution is -2.00. The number of benzene rings is 2. The second-order valence-corrected chi connectivity index (χ2v) is 4.43. The summed E-state index contributed by atoms with van der Waals surface area (Å²) in [4.78, 5) is 10.9. The third-order valence-corrected chi connectivity index (χ3v) is 2.99. The Morgan fingerprint density at radius 1 is 1.16 bits per heavy atom. The van der Waals surface area contributed by atoms with Crippen LogP contribution in [0.15, 0.2) is 49.0 Å². The van der Waals surface area contributed by atoms with Crippen molar-refractivity contribution in [1.82, 2.24) is 0 Å². The number of hydrogen-bond acceptors (Lipinski definition) is 2. The highest BCUT2D eigenvalue weighted by molar-refractivity contribution is 6.30. The molecule has 0 fully saturated rings. The summed E-state index contributed by atoms with van der Waals surface area (Å²) >= 11 is 5.93. The Bertz CT molecular complexity index is 605. The summed E-state index contributed by atoms with van der Waals surface area (Å²) in [6.45, 7) is 4.12. The van der Waals surface area contributed by atoms with Crippen LogP contribution in [0.2, 0.25) is 5.02 Å². The van der Waals surface area contributed by atoms with Crippen molar-refractivity contribution in [3.05, 3.63) is 70.8 Å². The fourth-order valence-corrected chi connectivity index (χ4v) is 1.93. The van der Waals surface area contributed by atoms with E-state index in [1.807, 2.05) is 18.2 Å². The number of carbonyl (C=O) groups is 1. The Labute approximate surface area is 117 Å². The molecule has 0 spiro atoms. The van der Waals surface area contributed by atoms with Crippen LogP contribution in [-0.4, -0.2) is 6.29 Å². The number of carbonyl (C=O) groups excluding carboxylic acids is 1. The Kier molecular flexibility index (Phi) is 4.37. The standard InChI is InChI=1S/C16H13ClO2/c1-2-12-9-15(17)8-7-14(12)11-19-16-6-4-3-5-13(16)10-18/h2-10H,1,11H2. The molecule has 0 amide bonds. The second-order valence-electron chi connectivity index (χ2n) is 3.99. The average molecular weight is 273 g/mol. The molecule has 0 aromatic heterocycles. The first-order chi connectivity index (χ1) is 9.24. The van der Waals surface area contributed by atoms with Crippen LogP contribution < -0.4 is 4.74 Å². The van der Waals surface area contributed by atoms with Crippen LogP contribution in [0.4, 0.5) is 0 Å². The molecule has 0 N–H and O–H groups in total. The van der Waals surface area contributed by atoms with Gasteiger partial charge >= 0.3 is 0 Å². The Morgan fingerprint density at radius 2 is 1.95 bits per heavy atom. The molecule has 0 saturated carbocycles. The zero-order chi connectivity index (χ0) is 13.7. The summed E-state index contributed by atoms with van der Waals surface area (Å²) in [6.07, 6.45) is 2.52. The normalized spacial score (nSPS) is 9.95. The molecular formula is C16H13ClO2. The highest BCUT2D eigenvalue weighted by Gasteiger charge is 2.05. The minimum absolute atomic E-state index is 0.364. The predicted octanol–water partition coefficient (Wildman–Crippen LogP) is 4.37. The fourth-order valence-electron chi connectivity index (χ4n) is 1.75. The molecular weight excluding hydrogens is 260 g/mol. The monoisotopic (exact) mass is 272 g/mol. The molecule has 0 saturated heterocycles. The van der Waals surface area contributed by atoms with Crippen LogP contribution in [-0.2, 0) is 6.61 Å². The van der Waals surface area contributed by atoms with E-state index in [0.717, 1.165) is 17.4 Å². The topological polar surface area (TPSA) is 26.3 Å². The van der Waals surface area contributed by atoms with Gasteiger partial charge in [0, 0.05) is 5.02 Å². The van der Waals surface area contributed by atoms with Gasteiger partial charge in [-0.2, -0.15) is 0 Å². The number of ether oxygens (including phenoxy) is 1. The van der Waals surface area contributed by atoms with Gasteiger partial charge < -0.3 is 4.74 Å². The van der Waals surface area contributed by atoms with Crippen LogP contribution in [0.1, 0.15) is 21.5 Å². The minimum atomic E-state index is 0.364. The van der Waals surface area contributed by atoms with Crippen LogP contribution in [0.5, 0.6) is 5.75 Å². The van der Waals surface area contributed by atoms with E-state index in [1.54, 1.807) is 30.3 Å². The van der Waals surface area contributed by atoms with Gasteiger partial charge in [0.25, 0.3) is 0 Å². The number of aldehydes is 1. The average Bonchev–Trinajstić information content (AvgIpc) is 2.46. The summed E-state index contributed by atoms with van der Waals surface area (Å²) in [5.74, 6) is 0.572. The molecule has 3 heteroatoms. The van der Waals surface area contributed by atoms with Crippen LogP contribution in [0.3, 0.4) is 0 Å². The van der Waals surface area contributed by atoms with Gasteiger partial charge in [0.2, 0.25) is 0 Å². The van der Waals surface area contributed by atoms with Crippen LogP contribution >= 0.6 is 11.6 Å². The van der Waals surface area contributed by atoms with Gasteiger partial charge in [-0.25, -0.2) is 0 Å². The summed E-state index contributed by atoms with van der Waals surface area (Å²) in [5.41, 5.74) is 2.44. The van der Waals surface area contributed by atoms with E-state index >= 15 is 0 Å². The van der Waals surface area contributed by atoms with Crippen molar-refractivity contribution in [1.29, 1.82) is 0 Å². The van der Waals surface area contributed by atoms with E-state index in [2.05, 4.69) is 6.58 Å². The van der Waals surface area contributed by atoms with Crippen molar-refractivity contribution < 1.29 is 9.53 Å². The van der Waals surface area contributed by atoms with Gasteiger partial charge in [-0.05, 0) is 35.4 Å². The highest BCUT2D eigenvalue weighted by Crippen LogP contribution is 2.21. The largest absolute Gasteiger partial charge is 0.488 e. The molecule has 0 heterocycles. The molecule has 2 nitrogen and oxygen atoms in total. The molecule has 0 aliphatic carbocycles. The number of rotatable bonds is 5. The lowest BCUT2D eigenvalue weighted by atomic mass is 10.1. The first-order valence-corrected chi connectivity index (χ1v) is 6.20. The molecule has 19 heavy (non-hydrogen) atoms. The van der Waals surface area contributed by atoms with Gasteiger partial charge in [-0.3, -0.25) is 4.79 Å². The SMILES string of the molecule is C=Cc1cc(Cl)ccc1COc1ccccc1C=O. The molecule has 0 aliphatic heterocycles. The van der Waals surface area contributed by atoms with Gasteiger partial charge in [0.05, 0.1) is 5.56 Å². The maximum atomic E-state index is 10.9. The summed E-state index contributed by atoms with van der Waals surface area (Å²) < 4.78 is 5.67. The molecule has 2 rings (SSSR count). The maximum absolute atomic E-state index is 10.9. The zero-order valence-electron chi connectivity index (χ0n) is 10.3. The number of para-hydroxylation sites is 1. The minimum Gasteiger partial charge on any atom is -0.488 e. The zero-order valence-corrected chi connectivity index (χ0v) is 11.1. The van der Waals surface area contributed by atoms with E-state index < -0.39 is 0 Å². The Morgan fingerprint density at radius 3 is 2.68 bits per heavy atom. The maximum Gasteiger partial charge on any atom is 0.153 e. The summed E-state index contributed by atoms with van der Waals surface area (Å²) in [5, 5.41) is 0.659. The summed E-state index contributed by atoms with van der Waals surface area (Å²) in [7, 11) is 0. The molecule has 0 bridgehead atoms. The lowest BCUT2D eigenvalue weighted by Gasteiger charge is -2.10. The van der Waals surface area contributed by atoms with Gasteiger partial charge in [0.15, 0.2) is 6.29 Å². The van der Waals surface area contributed by atoms with Crippen molar-refractivity contribution >= 4 is 24.0 Å². The highest BCUT2D eigenvalue weighted by atomic mass is 35.5. The Hall–Kier alpha value is -2.06. The summed E-state index contributed by atoms with van der Waals surface area (Å²) in [6, 6.07) is 12.7. The third-order valence-electron chi connectivity index (χ3n) is 2.76. The first-order valence-electron chi connectivity index (χ1n) is 5.82. The molecule has 0 atom stereocenters. The third kappa shape index (κ3) is 3.24. The van der Waals surface area contributed by atoms with E-state index in [-0.39, 0.29) is 0 Å². The van der Waals surface area contributed by atoms with Gasteiger partial charge in [0.1, 0.15) is 12.4 Å². The van der Waals surface area contributed by atoms with Crippen molar-refractivity contribution in [2.45, 2.75) is 6.61 Å². The Balaban J connectivity index is 2.19. The van der Waals surface area contributed by atoms with Crippen molar-refractivity contribution in [3.63, 3.8) is 0 Å². The van der Waals surface area contributed by atoms with Crippen molar-refractivity contribution in [3.8, 4) is 5.75 Å². The predicted molar refractivity (Wildman–Crippen MR) is 77.7 cm³/mol. The molecule has 0 radical (unpaired) electrons. The number of halogens is 1. The van der Waals surface area contributed by atoms with E-state index in [9.17, 15) is 4.79 Å². The van der Waals surface area contributed by atoms with E-state index in [4.69, 9.17) is 16.3 Å². The smallest absolute Gasteiger partial charge is 0.153 e. The molecule has 2 aromatic carbocycles.